The van der Waals surface area contributed by atoms with Gasteiger partial charge >= 0.3 is 0 Å². The Balaban J connectivity index is 2.18. The normalized spacial score (nSPS) is 44.7. The number of hydrazone groups is 1. The molecule has 0 radical (unpaired) electrons. The van der Waals surface area contributed by atoms with E-state index in [0.717, 1.165) is 18.6 Å². The minimum atomic E-state index is 0.278. The summed E-state index contributed by atoms with van der Waals surface area (Å²) in [5.74, 6) is 5.13. The van der Waals surface area contributed by atoms with Crippen LogP contribution in [0, 0.1) is 0 Å². The van der Waals surface area contributed by atoms with Gasteiger partial charge in [0.1, 0.15) is 0 Å². The summed E-state index contributed by atoms with van der Waals surface area (Å²) in [5.41, 5.74) is 1.06. The van der Waals surface area contributed by atoms with Crippen molar-refractivity contribution in [3.8, 4) is 0 Å². The second kappa shape index (κ2) is 1.70. The lowest BCUT2D eigenvalue weighted by Gasteiger charge is -2.04. The number of hydrogen-bond donors (Lipinski definition) is 1. The third-order valence-electron chi connectivity index (χ3n) is 2.08. The summed E-state index contributed by atoms with van der Waals surface area (Å²) in [6.07, 6.45) is 4.02. The van der Waals surface area contributed by atoms with Crippen molar-refractivity contribution < 1.29 is 4.74 Å². The molecule has 2 fully saturated rings. The molecule has 3 nitrogen and oxygen atoms in total. The fourth-order valence-corrected chi connectivity index (χ4v) is 1.60. The van der Waals surface area contributed by atoms with Gasteiger partial charge in [-0.2, -0.15) is 5.10 Å². The molecule has 0 spiro atoms. The Morgan fingerprint density at radius 2 is 2.44 bits per heavy atom. The lowest BCUT2D eigenvalue weighted by atomic mass is 9.99. The zero-order valence-electron chi connectivity index (χ0n) is 5.21. The highest BCUT2D eigenvalue weighted by molar-refractivity contribution is 5.91. The molecule has 2 bridgehead atoms. The molecule has 0 aliphatic carbocycles. The zero-order valence-corrected chi connectivity index (χ0v) is 5.21. The summed E-state index contributed by atoms with van der Waals surface area (Å²) in [6.45, 7) is 0. The number of ether oxygens (including phenoxy) is 1. The van der Waals surface area contributed by atoms with Crippen LogP contribution in [-0.4, -0.2) is 17.9 Å². The summed E-state index contributed by atoms with van der Waals surface area (Å²) in [6, 6.07) is 0. The number of nitrogens with zero attached hydrogens (tertiary/aromatic N) is 1. The van der Waals surface area contributed by atoms with Crippen molar-refractivity contribution in [3.05, 3.63) is 0 Å². The van der Waals surface area contributed by atoms with Gasteiger partial charge in [-0.25, -0.2) is 0 Å². The largest absolute Gasteiger partial charge is 0.369 e. The van der Waals surface area contributed by atoms with Gasteiger partial charge in [0.2, 0.25) is 0 Å². The maximum absolute atomic E-state index is 5.46. The number of rotatable bonds is 0. The van der Waals surface area contributed by atoms with Gasteiger partial charge in [-0.15, -0.1) is 0 Å². The molecule has 50 valence electrons. The van der Waals surface area contributed by atoms with Gasteiger partial charge in [0.15, 0.2) is 0 Å². The van der Waals surface area contributed by atoms with Crippen molar-refractivity contribution in [2.24, 2.45) is 10.9 Å². The first-order valence-electron chi connectivity index (χ1n) is 3.32. The third kappa shape index (κ3) is 0.645. The maximum Gasteiger partial charge on any atom is 0.0979 e. The number of fused-ring (bicyclic) bond motifs is 2. The van der Waals surface area contributed by atoms with Gasteiger partial charge in [-0.3, -0.25) is 0 Å². The molecule has 0 amide bonds. The molecule has 2 aliphatic heterocycles. The van der Waals surface area contributed by atoms with Crippen molar-refractivity contribution in [1.82, 2.24) is 0 Å². The minimum absolute atomic E-state index is 0.278. The molecular formula is C6H10N2O. The Bertz CT molecular complexity index is 155. The fourth-order valence-electron chi connectivity index (χ4n) is 1.60. The Morgan fingerprint density at radius 1 is 1.56 bits per heavy atom. The Hall–Kier alpha value is -0.570. The monoisotopic (exact) mass is 126 g/mol. The highest BCUT2D eigenvalue weighted by atomic mass is 16.5. The van der Waals surface area contributed by atoms with Crippen LogP contribution in [0.15, 0.2) is 5.10 Å². The molecule has 3 heteroatoms. The maximum atomic E-state index is 5.46. The average molecular weight is 126 g/mol. The molecule has 0 aromatic rings. The Labute approximate surface area is 53.9 Å². The van der Waals surface area contributed by atoms with Crippen molar-refractivity contribution in [3.63, 3.8) is 0 Å². The van der Waals surface area contributed by atoms with Crippen molar-refractivity contribution >= 4 is 5.71 Å². The van der Waals surface area contributed by atoms with Gasteiger partial charge in [0.25, 0.3) is 0 Å². The Kier molecular flexibility index (Phi) is 0.990. The molecular weight excluding hydrogens is 116 g/mol. The lowest BCUT2D eigenvalue weighted by molar-refractivity contribution is 0.116. The van der Waals surface area contributed by atoms with Gasteiger partial charge in [-0.1, -0.05) is 0 Å². The van der Waals surface area contributed by atoms with E-state index in [1.165, 1.54) is 6.42 Å². The van der Waals surface area contributed by atoms with Gasteiger partial charge in [0, 0.05) is 6.42 Å². The highest BCUT2D eigenvalue weighted by Gasteiger charge is 2.37. The average Bonchev–Trinajstić information content (AvgIpc) is 2.45. The molecule has 0 aromatic carbocycles. The van der Waals surface area contributed by atoms with E-state index in [1.54, 1.807) is 0 Å². The number of nitrogens with two attached hydrogens (primary N) is 1. The fraction of sp³-hybridized carbons (Fsp3) is 0.833. The molecule has 0 aromatic heterocycles. The molecule has 2 aliphatic rings. The standard InChI is InChI=1S/C6H10N2O/c7-8-5-3-4-1-2-6(5)9-4/h4,6H,1-3,7H2. The molecule has 2 unspecified atom stereocenters. The van der Waals surface area contributed by atoms with E-state index in [9.17, 15) is 0 Å². The summed E-state index contributed by atoms with van der Waals surface area (Å²) < 4.78 is 5.46. The summed E-state index contributed by atoms with van der Waals surface area (Å²) in [7, 11) is 0. The van der Waals surface area contributed by atoms with E-state index < -0.39 is 0 Å². The van der Waals surface area contributed by atoms with E-state index >= 15 is 0 Å². The van der Waals surface area contributed by atoms with E-state index in [4.69, 9.17) is 10.6 Å². The molecule has 2 saturated heterocycles. The SMILES string of the molecule is NN=C1CC2CCC1O2. The number of hydrogen-bond acceptors (Lipinski definition) is 3. The smallest absolute Gasteiger partial charge is 0.0979 e. The van der Waals surface area contributed by atoms with Crippen LogP contribution in [0.5, 0.6) is 0 Å². The van der Waals surface area contributed by atoms with Crippen LogP contribution in [0.25, 0.3) is 0 Å². The van der Waals surface area contributed by atoms with Crippen molar-refractivity contribution in [2.75, 3.05) is 0 Å². The van der Waals surface area contributed by atoms with Gasteiger partial charge < -0.3 is 10.6 Å². The predicted octanol–water partition coefficient (Wildman–Crippen LogP) is 0.252. The second-order valence-electron chi connectivity index (χ2n) is 2.65. The second-order valence-corrected chi connectivity index (χ2v) is 2.65. The van der Waals surface area contributed by atoms with Crippen LogP contribution < -0.4 is 5.84 Å². The van der Waals surface area contributed by atoms with Gasteiger partial charge in [-0.05, 0) is 12.8 Å². The van der Waals surface area contributed by atoms with Crippen LogP contribution >= 0.6 is 0 Å². The van der Waals surface area contributed by atoms with Crippen molar-refractivity contribution in [2.45, 2.75) is 31.5 Å². The molecule has 9 heavy (non-hydrogen) atoms. The van der Waals surface area contributed by atoms with Crippen LogP contribution in [0.3, 0.4) is 0 Å². The Morgan fingerprint density at radius 3 is 2.78 bits per heavy atom. The molecule has 2 N–H and O–H groups in total. The summed E-state index contributed by atoms with van der Waals surface area (Å²) >= 11 is 0. The highest BCUT2D eigenvalue weighted by Crippen LogP contribution is 2.31. The van der Waals surface area contributed by atoms with E-state index in [2.05, 4.69) is 5.10 Å². The van der Waals surface area contributed by atoms with Crippen LogP contribution in [-0.2, 0) is 4.74 Å². The zero-order chi connectivity index (χ0) is 6.27. The van der Waals surface area contributed by atoms with Crippen LogP contribution in [0.1, 0.15) is 19.3 Å². The third-order valence-corrected chi connectivity index (χ3v) is 2.08. The molecule has 2 rings (SSSR count). The van der Waals surface area contributed by atoms with Crippen LogP contribution in [0.4, 0.5) is 0 Å². The van der Waals surface area contributed by atoms with Gasteiger partial charge in [0.05, 0.1) is 17.9 Å². The van der Waals surface area contributed by atoms with E-state index in [1.807, 2.05) is 0 Å². The van der Waals surface area contributed by atoms with Crippen molar-refractivity contribution in [1.29, 1.82) is 0 Å². The first-order chi connectivity index (χ1) is 4.40. The molecule has 2 heterocycles. The summed E-state index contributed by atoms with van der Waals surface area (Å²) in [5, 5.41) is 3.66. The molecule has 2 atom stereocenters. The molecule has 0 saturated carbocycles. The van der Waals surface area contributed by atoms with E-state index in [-0.39, 0.29) is 6.10 Å². The first kappa shape index (κ1) is 5.23. The summed E-state index contributed by atoms with van der Waals surface area (Å²) in [4.78, 5) is 0. The first-order valence-corrected chi connectivity index (χ1v) is 3.32. The minimum Gasteiger partial charge on any atom is -0.369 e. The predicted molar refractivity (Wildman–Crippen MR) is 34.1 cm³/mol. The van der Waals surface area contributed by atoms with E-state index in [0.29, 0.717) is 6.10 Å². The lowest BCUT2D eigenvalue weighted by Crippen LogP contribution is -2.17. The quantitative estimate of drug-likeness (QED) is 0.373. The topological polar surface area (TPSA) is 47.6 Å². The van der Waals surface area contributed by atoms with Crippen LogP contribution in [0.2, 0.25) is 0 Å².